The van der Waals surface area contributed by atoms with Crippen molar-refractivity contribution < 1.29 is 4.79 Å². The standard InChI is InChI=1S/C21H28N6O/c1-16-11-18(22-2)25-20(24-16)26-10-4-7-21(14-26)8-6-19(28)27(15-21)13-17-5-3-9-23-12-17/h3,5,9,11-12H,4,6-8,10,13-15H2,1-2H3,(H,22,24,25)/t21-/m0/s1. The van der Waals surface area contributed by atoms with Crippen molar-refractivity contribution in [1.82, 2.24) is 19.9 Å². The summed E-state index contributed by atoms with van der Waals surface area (Å²) in [4.78, 5) is 30.4. The Kier molecular flexibility index (Phi) is 5.15. The van der Waals surface area contributed by atoms with E-state index in [0.29, 0.717) is 13.0 Å². The summed E-state index contributed by atoms with van der Waals surface area (Å²) in [5.41, 5.74) is 2.16. The van der Waals surface area contributed by atoms with Gasteiger partial charge in [0, 0.05) is 69.2 Å². The van der Waals surface area contributed by atoms with Crippen molar-refractivity contribution in [3.63, 3.8) is 0 Å². The Morgan fingerprint density at radius 1 is 1.25 bits per heavy atom. The molecule has 0 aliphatic carbocycles. The zero-order valence-electron chi connectivity index (χ0n) is 16.7. The highest BCUT2D eigenvalue weighted by Crippen LogP contribution is 2.40. The van der Waals surface area contributed by atoms with Gasteiger partial charge in [0.25, 0.3) is 0 Å². The van der Waals surface area contributed by atoms with Crippen LogP contribution in [0.25, 0.3) is 0 Å². The van der Waals surface area contributed by atoms with Gasteiger partial charge in [-0.25, -0.2) is 4.98 Å². The molecule has 2 aromatic rings. The van der Waals surface area contributed by atoms with Crippen LogP contribution in [0.1, 0.15) is 36.9 Å². The molecule has 148 valence electrons. The molecule has 7 heteroatoms. The van der Waals surface area contributed by atoms with E-state index < -0.39 is 0 Å². The van der Waals surface area contributed by atoms with Gasteiger partial charge in [0.1, 0.15) is 5.82 Å². The Labute approximate surface area is 166 Å². The van der Waals surface area contributed by atoms with E-state index in [0.717, 1.165) is 61.9 Å². The fourth-order valence-electron chi connectivity index (χ4n) is 4.49. The van der Waals surface area contributed by atoms with Crippen molar-refractivity contribution in [1.29, 1.82) is 0 Å². The number of aromatic nitrogens is 3. The number of amides is 1. The number of aryl methyl sites for hydroxylation is 1. The fraction of sp³-hybridized carbons (Fsp3) is 0.524. The number of hydrogen-bond donors (Lipinski definition) is 1. The van der Waals surface area contributed by atoms with E-state index in [9.17, 15) is 4.79 Å². The van der Waals surface area contributed by atoms with Crippen LogP contribution in [0, 0.1) is 12.3 Å². The molecule has 1 amide bonds. The number of nitrogens with zero attached hydrogens (tertiary/aromatic N) is 5. The fourth-order valence-corrected chi connectivity index (χ4v) is 4.49. The van der Waals surface area contributed by atoms with Gasteiger partial charge < -0.3 is 15.1 Å². The van der Waals surface area contributed by atoms with Crippen LogP contribution in [-0.4, -0.2) is 52.4 Å². The molecule has 28 heavy (non-hydrogen) atoms. The highest BCUT2D eigenvalue weighted by molar-refractivity contribution is 5.77. The van der Waals surface area contributed by atoms with Crippen LogP contribution in [0.4, 0.5) is 11.8 Å². The summed E-state index contributed by atoms with van der Waals surface area (Å²) in [6.07, 6.45) is 7.41. The molecule has 7 nitrogen and oxygen atoms in total. The second-order valence-corrected chi connectivity index (χ2v) is 8.08. The second-order valence-electron chi connectivity index (χ2n) is 8.08. The average Bonchev–Trinajstić information content (AvgIpc) is 2.71. The summed E-state index contributed by atoms with van der Waals surface area (Å²) in [6.45, 7) is 5.29. The molecule has 0 aromatic carbocycles. The molecule has 4 rings (SSSR count). The smallest absolute Gasteiger partial charge is 0.227 e. The van der Waals surface area contributed by atoms with Crippen molar-refractivity contribution in [2.24, 2.45) is 5.41 Å². The zero-order valence-corrected chi connectivity index (χ0v) is 16.7. The van der Waals surface area contributed by atoms with Crippen LogP contribution in [-0.2, 0) is 11.3 Å². The van der Waals surface area contributed by atoms with Gasteiger partial charge in [-0.3, -0.25) is 9.78 Å². The number of pyridine rings is 1. The van der Waals surface area contributed by atoms with Gasteiger partial charge in [0.2, 0.25) is 11.9 Å². The van der Waals surface area contributed by atoms with Crippen molar-refractivity contribution in [3.8, 4) is 0 Å². The number of carbonyl (C=O) groups excluding carboxylic acids is 1. The summed E-state index contributed by atoms with van der Waals surface area (Å²) in [6, 6.07) is 5.92. The van der Waals surface area contributed by atoms with Gasteiger partial charge in [-0.15, -0.1) is 0 Å². The molecule has 0 radical (unpaired) electrons. The molecule has 4 heterocycles. The van der Waals surface area contributed by atoms with E-state index in [1.54, 1.807) is 6.20 Å². The molecule has 2 aromatic heterocycles. The molecule has 1 atom stereocenters. The Hall–Kier alpha value is -2.70. The molecule has 1 spiro atoms. The van der Waals surface area contributed by atoms with Crippen LogP contribution in [0.5, 0.6) is 0 Å². The predicted molar refractivity (Wildman–Crippen MR) is 109 cm³/mol. The van der Waals surface area contributed by atoms with Crippen molar-refractivity contribution in [3.05, 3.63) is 41.9 Å². The first-order chi connectivity index (χ1) is 13.6. The zero-order chi connectivity index (χ0) is 19.6. The third-order valence-electron chi connectivity index (χ3n) is 5.89. The Bertz CT molecular complexity index is 842. The topological polar surface area (TPSA) is 74.2 Å². The second kappa shape index (κ2) is 7.73. The lowest BCUT2D eigenvalue weighted by molar-refractivity contribution is -0.138. The summed E-state index contributed by atoms with van der Waals surface area (Å²) in [5, 5.41) is 3.12. The minimum Gasteiger partial charge on any atom is -0.373 e. The molecule has 2 aliphatic heterocycles. The SMILES string of the molecule is CNc1cc(C)nc(N2CCC[C@]3(CCC(=O)N(Cc4cccnc4)C3)C2)n1. The molecule has 2 fully saturated rings. The maximum absolute atomic E-state index is 12.6. The number of nitrogens with one attached hydrogen (secondary N) is 1. The van der Waals surface area contributed by atoms with E-state index >= 15 is 0 Å². The van der Waals surface area contributed by atoms with Crippen LogP contribution >= 0.6 is 0 Å². The van der Waals surface area contributed by atoms with E-state index in [1.165, 1.54) is 0 Å². The minimum absolute atomic E-state index is 0.112. The van der Waals surface area contributed by atoms with Gasteiger partial charge in [-0.2, -0.15) is 4.98 Å². The highest BCUT2D eigenvalue weighted by Gasteiger charge is 2.42. The van der Waals surface area contributed by atoms with Crippen molar-refractivity contribution in [2.45, 2.75) is 39.2 Å². The van der Waals surface area contributed by atoms with Gasteiger partial charge in [-0.05, 0) is 37.8 Å². The Balaban J connectivity index is 1.52. The normalized spacial score (nSPS) is 22.6. The van der Waals surface area contributed by atoms with E-state index in [4.69, 9.17) is 0 Å². The number of carbonyl (C=O) groups is 1. The van der Waals surface area contributed by atoms with Crippen LogP contribution in [0.3, 0.4) is 0 Å². The molecule has 1 N–H and O–H groups in total. The number of likely N-dealkylation sites (tertiary alicyclic amines) is 1. The van der Waals surface area contributed by atoms with Crippen LogP contribution in [0.2, 0.25) is 0 Å². The van der Waals surface area contributed by atoms with Gasteiger partial charge >= 0.3 is 0 Å². The monoisotopic (exact) mass is 380 g/mol. The average molecular weight is 380 g/mol. The summed E-state index contributed by atoms with van der Waals surface area (Å²) >= 11 is 0. The molecule has 0 unspecified atom stereocenters. The summed E-state index contributed by atoms with van der Waals surface area (Å²) in [5.74, 6) is 1.88. The molecule has 0 saturated carbocycles. The molecule has 2 aliphatic rings. The van der Waals surface area contributed by atoms with E-state index in [-0.39, 0.29) is 11.3 Å². The number of piperidine rings is 2. The van der Waals surface area contributed by atoms with E-state index in [2.05, 4.69) is 25.2 Å². The van der Waals surface area contributed by atoms with Gasteiger partial charge in [-0.1, -0.05) is 6.07 Å². The molecular weight excluding hydrogens is 352 g/mol. The third kappa shape index (κ3) is 3.93. The summed E-state index contributed by atoms with van der Waals surface area (Å²) in [7, 11) is 1.88. The van der Waals surface area contributed by atoms with Crippen LogP contribution in [0.15, 0.2) is 30.6 Å². The predicted octanol–water partition coefficient (Wildman–Crippen LogP) is 2.63. The molecular formula is C21H28N6O. The Morgan fingerprint density at radius 2 is 2.14 bits per heavy atom. The van der Waals surface area contributed by atoms with Crippen molar-refractivity contribution in [2.75, 3.05) is 36.9 Å². The maximum atomic E-state index is 12.6. The lowest BCUT2D eigenvalue weighted by Crippen LogP contribution is -2.54. The van der Waals surface area contributed by atoms with Crippen molar-refractivity contribution >= 4 is 17.7 Å². The minimum atomic E-state index is 0.112. The number of anilines is 2. The summed E-state index contributed by atoms with van der Waals surface area (Å²) < 4.78 is 0. The maximum Gasteiger partial charge on any atom is 0.227 e. The molecule has 2 saturated heterocycles. The van der Waals surface area contributed by atoms with Gasteiger partial charge in [0.15, 0.2) is 0 Å². The quantitative estimate of drug-likeness (QED) is 0.879. The lowest BCUT2D eigenvalue weighted by atomic mass is 9.73. The lowest BCUT2D eigenvalue weighted by Gasteiger charge is -2.48. The number of rotatable bonds is 4. The Morgan fingerprint density at radius 3 is 2.93 bits per heavy atom. The first-order valence-corrected chi connectivity index (χ1v) is 10.0. The van der Waals surface area contributed by atoms with Gasteiger partial charge in [0.05, 0.1) is 0 Å². The first-order valence-electron chi connectivity index (χ1n) is 10.0. The highest BCUT2D eigenvalue weighted by atomic mass is 16.2. The van der Waals surface area contributed by atoms with E-state index in [1.807, 2.05) is 43.3 Å². The first kappa shape index (κ1) is 18.7. The largest absolute Gasteiger partial charge is 0.373 e. The number of hydrogen-bond acceptors (Lipinski definition) is 6. The third-order valence-corrected chi connectivity index (χ3v) is 5.89. The van der Waals surface area contributed by atoms with Crippen LogP contribution < -0.4 is 10.2 Å². The molecule has 0 bridgehead atoms.